The van der Waals surface area contributed by atoms with Gasteiger partial charge in [0, 0.05) is 26.1 Å². The molecule has 0 spiro atoms. The van der Waals surface area contributed by atoms with Crippen molar-refractivity contribution >= 4 is 17.0 Å². The van der Waals surface area contributed by atoms with Gasteiger partial charge in [-0.05, 0) is 12.1 Å². The number of carbonyl (C=O) groups is 1. The molecule has 1 aliphatic heterocycles. The van der Waals surface area contributed by atoms with Gasteiger partial charge in [-0.15, -0.1) is 12.3 Å². The van der Waals surface area contributed by atoms with Crippen LogP contribution in [0.4, 0.5) is 4.79 Å². The summed E-state index contributed by atoms with van der Waals surface area (Å²) >= 11 is 0. The molecule has 1 fully saturated rings. The van der Waals surface area contributed by atoms with Crippen molar-refractivity contribution in [1.29, 1.82) is 0 Å². The smallest absolute Gasteiger partial charge is 0.390 e. The van der Waals surface area contributed by atoms with Crippen LogP contribution in [0.3, 0.4) is 0 Å². The lowest BCUT2D eigenvalue weighted by Gasteiger charge is -2.34. The number of fused-ring (bicyclic) bond motifs is 1. The van der Waals surface area contributed by atoms with Crippen LogP contribution in [0.5, 0.6) is 5.88 Å². The molecule has 6 nitrogen and oxygen atoms in total. The third-order valence-corrected chi connectivity index (χ3v) is 3.63. The predicted molar refractivity (Wildman–Crippen MR) is 82.4 cm³/mol. The number of nitrogens with one attached hydrogen (secondary N) is 1. The molecule has 2 aromatic rings. The summed E-state index contributed by atoms with van der Waals surface area (Å²) in [6.45, 7) is 1.96. The summed E-state index contributed by atoms with van der Waals surface area (Å²) in [6, 6.07) is 7.35. The fourth-order valence-corrected chi connectivity index (χ4v) is 2.52. The van der Waals surface area contributed by atoms with Crippen LogP contribution in [0, 0.1) is 12.3 Å². The zero-order valence-corrected chi connectivity index (χ0v) is 12.0. The minimum absolute atomic E-state index is 0.0562. The van der Waals surface area contributed by atoms with E-state index in [0.717, 1.165) is 12.1 Å². The standard InChI is InChI=1S/C16H16N4O2/c1-2-5-12-10-17-8-9-20(12)16(21)22-15-13-6-3-4-7-14(13)18-11-19-15/h1,3-4,6-7,11-12,17H,5,8-10H2/t12-/m0/s1. The maximum absolute atomic E-state index is 12.4. The zero-order chi connectivity index (χ0) is 15.4. The van der Waals surface area contributed by atoms with Gasteiger partial charge in [-0.2, -0.15) is 0 Å². The van der Waals surface area contributed by atoms with Crippen LogP contribution >= 0.6 is 0 Å². The molecule has 2 heterocycles. The van der Waals surface area contributed by atoms with Crippen LogP contribution in [-0.4, -0.2) is 46.6 Å². The molecule has 0 radical (unpaired) electrons. The molecule has 1 N–H and O–H groups in total. The minimum atomic E-state index is -0.425. The highest BCUT2D eigenvalue weighted by atomic mass is 16.6. The van der Waals surface area contributed by atoms with Crippen molar-refractivity contribution in [2.75, 3.05) is 19.6 Å². The topological polar surface area (TPSA) is 67.4 Å². The van der Waals surface area contributed by atoms with Gasteiger partial charge in [0.2, 0.25) is 5.88 Å². The number of benzene rings is 1. The van der Waals surface area contributed by atoms with Crippen molar-refractivity contribution in [3.05, 3.63) is 30.6 Å². The lowest BCUT2D eigenvalue weighted by Crippen LogP contribution is -2.54. The van der Waals surface area contributed by atoms with Gasteiger partial charge in [0.1, 0.15) is 6.33 Å². The van der Waals surface area contributed by atoms with Gasteiger partial charge in [0.15, 0.2) is 0 Å². The highest BCUT2D eigenvalue weighted by molar-refractivity contribution is 5.85. The van der Waals surface area contributed by atoms with Crippen LogP contribution in [0.2, 0.25) is 0 Å². The number of para-hydroxylation sites is 1. The van der Waals surface area contributed by atoms with Gasteiger partial charge >= 0.3 is 6.09 Å². The number of amides is 1. The molecule has 1 saturated heterocycles. The van der Waals surface area contributed by atoms with Crippen molar-refractivity contribution in [3.8, 4) is 18.2 Å². The Bertz CT molecular complexity index is 720. The van der Waals surface area contributed by atoms with Crippen molar-refractivity contribution in [1.82, 2.24) is 20.2 Å². The van der Waals surface area contributed by atoms with Crippen LogP contribution < -0.4 is 10.1 Å². The monoisotopic (exact) mass is 296 g/mol. The van der Waals surface area contributed by atoms with Gasteiger partial charge in [0.25, 0.3) is 0 Å². The third kappa shape index (κ3) is 2.85. The van der Waals surface area contributed by atoms with Gasteiger partial charge in [-0.25, -0.2) is 14.8 Å². The van der Waals surface area contributed by atoms with Crippen LogP contribution in [0.1, 0.15) is 6.42 Å². The van der Waals surface area contributed by atoms with Gasteiger partial charge in [-0.1, -0.05) is 12.1 Å². The number of nitrogens with zero attached hydrogens (tertiary/aromatic N) is 3. The Morgan fingerprint density at radius 2 is 2.32 bits per heavy atom. The maximum atomic E-state index is 12.4. The molecule has 0 saturated carbocycles. The first-order chi connectivity index (χ1) is 10.8. The summed E-state index contributed by atoms with van der Waals surface area (Å²) in [4.78, 5) is 22.3. The van der Waals surface area contributed by atoms with E-state index in [1.54, 1.807) is 4.90 Å². The van der Waals surface area contributed by atoms with E-state index < -0.39 is 6.09 Å². The van der Waals surface area contributed by atoms with Crippen molar-refractivity contribution in [2.24, 2.45) is 0 Å². The summed E-state index contributed by atoms with van der Waals surface area (Å²) in [7, 11) is 0. The average molecular weight is 296 g/mol. The molecule has 0 aliphatic carbocycles. The second-order valence-corrected chi connectivity index (χ2v) is 5.02. The summed E-state index contributed by atoms with van der Waals surface area (Å²) in [5.74, 6) is 2.87. The fourth-order valence-electron chi connectivity index (χ4n) is 2.52. The van der Waals surface area contributed by atoms with Gasteiger partial charge in [-0.3, -0.25) is 0 Å². The molecule has 1 aromatic carbocycles. The maximum Gasteiger partial charge on any atom is 0.416 e. The average Bonchev–Trinajstić information content (AvgIpc) is 2.56. The van der Waals surface area contributed by atoms with Gasteiger partial charge in [0.05, 0.1) is 16.9 Å². The van der Waals surface area contributed by atoms with E-state index >= 15 is 0 Å². The van der Waals surface area contributed by atoms with E-state index in [9.17, 15) is 4.79 Å². The van der Waals surface area contributed by atoms with E-state index in [4.69, 9.17) is 11.2 Å². The Balaban J connectivity index is 1.82. The fraction of sp³-hybridized carbons (Fsp3) is 0.312. The molecule has 0 unspecified atom stereocenters. The van der Waals surface area contributed by atoms with Crippen molar-refractivity contribution < 1.29 is 9.53 Å². The molecule has 0 bridgehead atoms. The number of ether oxygens (including phenoxy) is 1. The normalized spacial score (nSPS) is 18.0. The first-order valence-electron chi connectivity index (χ1n) is 7.12. The molecular formula is C16H16N4O2. The lowest BCUT2D eigenvalue weighted by molar-refractivity contribution is 0.119. The quantitative estimate of drug-likeness (QED) is 0.849. The van der Waals surface area contributed by atoms with Gasteiger partial charge < -0.3 is 15.0 Å². The molecule has 6 heteroatoms. The third-order valence-electron chi connectivity index (χ3n) is 3.63. The summed E-state index contributed by atoms with van der Waals surface area (Å²) < 4.78 is 5.48. The first kappa shape index (κ1) is 14.3. The Hall–Kier alpha value is -2.65. The van der Waals surface area contributed by atoms with E-state index in [-0.39, 0.29) is 11.9 Å². The molecule has 1 aliphatic rings. The predicted octanol–water partition coefficient (Wildman–Crippen LogP) is 1.43. The summed E-state index contributed by atoms with van der Waals surface area (Å²) in [5.41, 5.74) is 0.737. The Morgan fingerprint density at radius 3 is 3.18 bits per heavy atom. The Labute approximate surface area is 128 Å². The number of rotatable bonds is 2. The Kier molecular flexibility index (Phi) is 4.17. The lowest BCUT2D eigenvalue weighted by atomic mass is 10.1. The van der Waals surface area contributed by atoms with Crippen molar-refractivity contribution in [2.45, 2.75) is 12.5 Å². The van der Waals surface area contributed by atoms with E-state index in [2.05, 4.69) is 21.2 Å². The number of carbonyl (C=O) groups excluding carboxylic acids is 1. The number of terminal acetylenes is 1. The number of aromatic nitrogens is 2. The first-order valence-corrected chi connectivity index (χ1v) is 7.12. The Morgan fingerprint density at radius 1 is 1.45 bits per heavy atom. The molecule has 3 rings (SSSR count). The van der Waals surface area contributed by atoms with Crippen LogP contribution in [0.25, 0.3) is 10.9 Å². The van der Waals surface area contributed by atoms with E-state index in [1.165, 1.54) is 6.33 Å². The molecular weight excluding hydrogens is 280 g/mol. The highest BCUT2D eigenvalue weighted by Crippen LogP contribution is 2.21. The van der Waals surface area contributed by atoms with Crippen LogP contribution in [-0.2, 0) is 0 Å². The van der Waals surface area contributed by atoms with E-state index in [0.29, 0.717) is 24.9 Å². The van der Waals surface area contributed by atoms with Crippen LogP contribution in [0.15, 0.2) is 30.6 Å². The molecule has 22 heavy (non-hydrogen) atoms. The second kappa shape index (κ2) is 6.41. The zero-order valence-electron chi connectivity index (χ0n) is 12.0. The van der Waals surface area contributed by atoms with Crippen molar-refractivity contribution in [3.63, 3.8) is 0 Å². The number of hydrogen-bond donors (Lipinski definition) is 1. The number of piperazine rings is 1. The molecule has 112 valence electrons. The summed E-state index contributed by atoms with van der Waals surface area (Å²) in [5, 5.41) is 3.94. The SMILES string of the molecule is C#CC[C@H]1CNCCN1C(=O)Oc1ncnc2ccccc12. The molecule has 1 aromatic heterocycles. The summed E-state index contributed by atoms with van der Waals surface area (Å²) in [6.07, 6.45) is 6.83. The molecule has 1 amide bonds. The van der Waals surface area contributed by atoms with E-state index in [1.807, 2.05) is 24.3 Å². The molecule has 1 atom stereocenters. The minimum Gasteiger partial charge on any atom is -0.390 e. The largest absolute Gasteiger partial charge is 0.416 e. The highest BCUT2D eigenvalue weighted by Gasteiger charge is 2.28. The number of hydrogen-bond acceptors (Lipinski definition) is 5. The second-order valence-electron chi connectivity index (χ2n) is 5.02.